The van der Waals surface area contributed by atoms with Crippen LogP contribution in [0, 0.1) is 5.82 Å². The maximum atomic E-state index is 13.8. The van der Waals surface area contributed by atoms with Crippen LogP contribution in [-0.4, -0.2) is 0 Å². The minimum absolute atomic E-state index is 0.00652. The monoisotopic (exact) mass is 271 g/mol. The topological polar surface area (TPSA) is 12.0 Å². The summed E-state index contributed by atoms with van der Waals surface area (Å²) in [5.41, 5.74) is 1.99. The van der Waals surface area contributed by atoms with Crippen molar-refractivity contribution in [2.45, 2.75) is 38.8 Å². The molecule has 1 nitrogen and oxygen atoms in total. The largest absolute Gasteiger partial charge is 0.303 e. The lowest BCUT2D eigenvalue weighted by atomic mass is 9.99. The van der Waals surface area contributed by atoms with E-state index in [-0.39, 0.29) is 17.9 Å². The minimum atomic E-state index is -0.143. The highest BCUT2D eigenvalue weighted by atomic mass is 19.1. The van der Waals surface area contributed by atoms with Crippen LogP contribution in [0.2, 0.25) is 0 Å². The van der Waals surface area contributed by atoms with E-state index in [1.165, 1.54) is 11.6 Å². The van der Waals surface area contributed by atoms with Crippen molar-refractivity contribution in [3.8, 4) is 0 Å². The molecule has 2 aromatic carbocycles. The molecule has 0 heterocycles. The summed E-state index contributed by atoms with van der Waals surface area (Å²) >= 11 is 0. The summed E-state index contributed by atoms with van der Waals surface area (Å²) in [6.07, 6.45) is 2.14. The van der Waals surface area contributed by atoms with E-state index in [9.17, 15) is 4.39 Å². The Hall–Kier alpha value is -1.67. The fraction of sp³-hybridized carbons (Fsp3) is 0.333. The summed E-state index contributed by atoms with van der Waals surface area (Å²) < 4.78 is 13.8. The number of hydrogen-bond acceptors (Lipinski definition) is 1. The van der Waals surface area contributed by atoms with Crippen molar-refractivity contribution in [3.63, 3.8) is 0 Å². The van der Waals surface area contributed by atoms with Crippen LogP contribution >= 0.6 is 0 Å². The van der Waals surface area contributed by atoms with E-state index >= 15 is 0 Å². The lowest BCUT2D eigenvalue weighted by molar-refractivity contribution is 0.428. The van der Waals surface area contributed by atoms with Gasteiger partial charge in [-0.2, -0.15) is 0 Å². The molecule has 2 rings (SSSR count). The first-order valence-electron chi connectivity index (χ1n) is 7.27. The van der Waals surface area contributed by atoms with Crippen LogP contribution in [0.25, 0.3) is 0 Å². The highest BCUT2D eigenvalue weighted by molar-refractivity contribution is 5.23. The maximum absolute atomic E-state index is 13.8. The molecule has 2 atom stereocenters. The standard InChI is InChI=1S/C18H22FN/c1-3-9-18(15-10-5-4-6-11-15)20-14(2)16-12-7-8-13-17(16)19/h4-8,10-14,18,20H,3,9H2,1-2H3/t14-,18?/m1/s1. The van der Waals surface area contributed by atoms with Gasteiger partial charge in [0.15, 0.2) is 0 Å². The van der Waals surface area contributed by atoms with E-state index < -0.39 is 0 Å². The molecular formula is C18H22FN. The van der Waals surface area contributed by atoms with Gasteiger partial charge in [0.1, 0.15) is 5.82 Å². The van der Waals surface area contributed by atoms with Gasteiger partial charge in [-0.25, -0.2) is 4.39 Å². The Morgan fingerprint density at radius 1 is 1.00 bits per heavy atom. The molecule has 0 aliphatic carbocycles. The number of halogens is 1. The van der Waals surface area contributed by atoms with E-state index in [1.54, 1.807) is 6.07 Å². The van der Waals surface area contributed by atoms with Crippen LogP contribution in [0.1, 0.15) is 49.9 Å². The van der Waals surface area contributed by atoms with E-state index in [2.05, 4.69) is 24.4 Å². The Bertz CT molecular complexity index is 524. The highest BCUT2D eigenvalue weighted by Gasteiger charge is 2.16. The first kappa shape index (κ1) is 14.7. The fourth-order valence-electron chi connectivity index (χ4n) is 2.54. The lowest BCUT2D eigenvalue weighted by Gasteiger charge is -2.24. The predicted molar refractivity (Wildman–Crippen MR) is 82.0 cm³/mol. The Balaban J connectivity index is 2.14. The molecule has 0 radical (unpaired) electrons. The summed E-state index contributed by atoms with van der Waals surface area (Å²) in [5, 5.41) is 3.55. The molecule has 0 saturated heterocycles. The number of rotatable bonds is 6. The highest BCUT2D eigenvalue weighted by Crippen LogP contribution is 2.24. The molecule has 0 saturated carbocycles. The lowest BCUT2D eigenvalue weighted by Crippen LogP contribution is -2.25. The second-order valence-electron chi connectivity index (χ2n) is 5.16. The quantitative estimate of drug-likeness (QED) is 0.778. The van der Waals surface area contributed by atoms with E-state index in [4.69, 9.17) is 0 Å². The SMILES string of the molecule is CCCC(N[C@H](C)c1ccccc1F)c1ccccc1. The molecule has 0 aliphatic heterocycles. The van der Waals surface area contributed by atoms with Gasteiger partial charge in [0.2, 0.25) is 0 Å². The first-order valence-corrected chi connectivity index (χ1v) is 7.27. The van der Waals surface area contributed by atoms with Crippen molar-refractivity contribution in [2.75, 3.05) is 0 Å². The molecule has 2 heteroatoms. The summed E-state index contributed by atoms with van der Waals surface area (Å²) in [6, 6.07) is 17.6. The molecule has 0 aromatic heterocycles. The van der Waals surface area contributed by atoms with Crippen molar-refractivity contribution in [1.29, 1.82) is 0 Å². The average Bonchev–Trinajstić information content (AvgIpc) is 2.48. The van der Waals surface area contributed by atoms with Crippen LogP contribution in [0.5, 0.6) is 0 Å². The summed E-state index contributed by atoms with van der Waals surface area (Å²) in [7, 11) is 0. The molecule has 0 spiro atoms. The molecule has 2 aromatic rings. The van der Waals surface area contributed by atoms with Gasteiger partial charge >= 0.3 is 0 Å². The van der Waals surface area contributed by atoms with Gasteiger partial charge in [-0.05, 0) is 25.0 Å². The van der Waals surface area contributed by atoms with E-state index in [0.29, 0.717) is 0 Å². The zero-order chi connectivity index (χ0) is 14.4. The maximum Gasteiger partial charge on any atom is 0.127 e. The van der Waals surface area contributed by atoms with Gasteiger partial charge in [-0.1, -0.05) is 61.9 Å². The van der Waals surface area contributed by atoms with Gasteiger partial charge < -0.3 is 5.32 Å². The second kappa shape index (κ2) is 7.20. The van der Waals surface area contributed by atoms with Crippen LogP contribution in [-0.2, 0) is 0 Å². The van der Waals surface area contributed by atoms with Crippen LogP contribution in [0.4, 0.5) is 4.39 Å². The number of nitrogens with one attached hydrogen (secondary N) is 1. The zero-order valence-electron chi connectivity index (χ0n) is 12.1. The molecule has 1 unspecified atom stereocenters. The fourth-order valence-corrected chi connectivity index (χ4v) is 2.54. The summed E-state index contributed by atoms with van der Waals surface area (Å²) in [5.74, 6) is -0.143. The average molecular weight is 271 g/mol. The molecule has 106 valence electrons. The van der Waals surface area contributed by atoms with Crippen molar-refractivity contribution in [2.24, 2.45) is 0 Å². The first-order chi connectivity index (χ1) is 9.72. The molecular weight excluding hydrogens is 249 g/mol. The second-order valence-corrected chi connectivity index (χ2v) is 5.16. The van der Waals surface area contributed by atoms with Gasteiger partial charge in [0.25, 0.3) is 0 Å². The van der Waals surface area contributed by atoms with Crippen molar-refractivity contribution in [1.82, 2.24) is 5.32 Å². The molecule has 0 fully saturated rings. The molecule has 0 aliphatic rings. The molecule has 0 bridgehead atoms. The van der Waals surface area contributed by atoms with Crippen LogP contribution in [0.15, 0.2) is 54.6 Å². The Morgan fingerprint density at radius 2 is 1.65 bits per heavy atom. The molecule has 0 amide bonds. The van der Waals surface area contributed by atoms with Gasteiger partial charge in [-0.3, -0.25) is 0 Å². The number of benzene rings is 2. The zero-order valence-corrected chi connectivity index (χ0v) is 12.1. The van der Waals surface area contributed by atoms with Gasteiger partial charge in [-0.15, -0.1) is 0 Å². The summed E-state index contributed by atoms with van der Waals surface area (Å²) in [6.45, 7) is 4.19. The van der Waals surface area contributed by atoms with Crippen molar-refractivity contribution >= 4 is 0 Å². The van der Waals surface area contributed by atoms with Crippen molar-refractivity contribution in [3.05, 3.63) is 71.5 Å². The Labute approximate surface area is 120 Å². The molecule has 1 N–H and O–H groups in total. The van der Waals surface area contributed by atoms with Gasteiger partial charge in [0, 0.05) is 17.6 Å². The summed E-state index contributed by atoms with van der Waals surface area (Å²) in [4.78, 5) is 0. The number of hydrogen-bond donors (Lipinski definition) is 1. The van der Waals surface area contributed by atoms with Crippen LogP contribution in [0.3, 0.4) is 0 Å². The predicted octanol–water partition coefficient (Wildman–Crippen LogP) is 5.02. The third kappa shape index (κ3) is 3.67. The van der Waals surface area contributed by atoms with E-state index in [1.807, 2.05) is 37.3 Å². The third-order valence-corrected chi connectivity index (χ3v) is 3.60. The third-order valence-electron chi connectivity index (χ3n) is 3.60. The Morgan fingerprint density at radius 3 is 2.30 bits per heavy atom. The Kier molecular flexibility index (Phi) is 5.31. The normalized spacial score (nSPS) is 13.9. The van der Waals surface area contributed by atoms with E-state index in [0.717, 1.165) is 18.4 Å². The smallest absolute Gasteiger partial charge is 0.127 e. The van der Waals surface area contributed by atoms with Gasteiger partial charge in [0.05, 0.1) is 0 Å². The molecule has 20 heavy (non-hydrogen) atoms. The van der Waals surface area contributed by atoms with Crippen molar-refractivity contribution < 1.29 is 4.39 Å². The van der Waals surface area contributed by atoms with Crippen LogP contribution < -0.4 is 5.32 Å². The minimum Gasteiger partial charge on any atom is -0.303 e.